The van der Waals surface area contributed by atoms with E-state index in [0.29, 0.717) is 13.2 Å². The van der Waals surface area contributed by atoms with E-state index in [1.54, 1.807) is 19.9 Å². The van der Waals surface area contributed by atoms with Gasteiger partial charge in [-0.25, -0.2) is 0 Å². The highest BCUT2D eigenvalue weighted by Crippen LogP contribution is 2.19. The molecule has 1 fully saturated rings. The topological polar surface area (TPSA) is 35.5 Å². The lowest BCUT2D eigenvalue weighted by Crippen LogP contribution is -2.34. The van der Waals surface area contributed by atoms with Crippen LogP contribution in [-0.4, -0.2) is 24.8 Å². The molecule has 0 saturated carbocycles. The number of carbonyl (C=O) groups is 1. The molecule has 0 aromatic rings. The first-order valence-electron chi connectivity index (χ1n) is 3.64. The summed E-state index contributed by atoms with van der Waals surface area (Å²) in [5.41, 5.74) is 0. The van der Waals surface area contributed by atoms with Gasteiger partial charge in [-0.3, -0.25) is 4.79 Å². The Hall–Kier alpha value is -0.670. The van der Waals surface area contributed by atoms with E-state index in [1.165, 1.54) is 6.08 Å². The molecule has 0 unspecified atom stereocenters. The number of ketones is 1. The third-order valence-electron chi connectivity index (χ3n) is 1.60. The van der Waals surface area contributed by atoms with Crippen molar-refractivity contribution in [3.63, 3.8) is 0 Å². The maximum atomic E-state index is 11.2. The molecule has 0 atom stereocenters. The highest BCUT2D eigenvalue weighted by molar-refractivity contribution is 5.95. The molecule has 1 heterocycles. The Labute approximate surface area is 66.0 Å². The quantitative estimate of drug-likeness (QED) is 0.557. The van der Waals surface area contributed by atoms with E-state index in [1.807, 2.05) is 0 Å². The van der Waals surface area contributed by atoms with Crippen molar-refractivity contribution in [2.24, 2.45) is 0 Å². The second-order valence-electron chi connectivity index (χ2n) is 2.51. The highest BCUT2D eigenvalue weighted by Gasteiger charge is 2.37. The first kappa shape index (κ1) is 8.43. The fraction of sp³-hybridized carbons (Fsp3) is 0.625. The van der Waals surface area contributed by atoms with Gasteiger partial charge in [0, 0.05) is 0 Å². The predicted octanol–water partition coefficient (Wildman–Crippen LogP) is 0.895. The van der Waals surface area contributed by atoms with E-state index in [0.717, 1.165) is 0 Å². The van der Waals surface area contributed by atoms with E-state index in [2.05, 4.69) is 0 Å². The van der Waals surface area contributed by atoms with Gasteiger partial charge in [0.1, 0.15) is 0 Å². The lowest BCUT2D eigenvalue weighted by atomic mass is 10.2. The summed E-state index contributed by atoms with van der Waals surface area (Å²) >= 11 is 0. The van der Waals surface area contributed by atoms with E-state index in [4.69, 9.17) is 9.47 Å². The zero-order valence-electron chi connectivity index (χ0n) is 6.79. The summed E-state index contributed by atoms with van der Waals surface area (Å²) < 4.78 is 10.3. The van der Waals surface area contributed by atoms with Gasteiger partial charge in [0.2, 0.25) is 11.6 Å². The van der Waals surface area contributed by atoms with E-state index in [-0.39, 0.29) is 5.78 Å². The molecule has 1 aliphatic heterocycles. The number of allylic oxidation sites excluding steroid dienone is 1. The van der Waals surface area contributed by atoms with Gasteiger partial charge in [-0.1, -0.05) is 6.08 Å². The fourth-order valence-corrected chi connectivity index (χ4v) is 0.960. The lowest BCUT2D eigenvalue weighted by molar-refractivity contribution is -0.168. The normalized spacial score (nSPS) is 22.7. The standard InChI is InChI=1S/C8H12O3/c1-3-4-7(9)8(2)10-5-6-11-8/h3-4H,5-6H2,1-2H3/b4-3+. The van der Waals surface area contributed by atoms with Crippen molar-refractivity contribution in [2.75, 3.05) is 13.2 Å². The van der Waals surface area contributed by atoms with Gasteiger partial charge in [-0.15, -0.1) is 0 Å². The van der Waals surface area contributed by atoms with Crippen LogP contribution in [0.3, 0.4) is 0 Å². The molecule has 3 nitrogen and oxygen atoms in total. The third kappa shape index (κ3) is 1.67. The number of rotatable bonds is 2. The SMILES string of the molecule is C/C=C/C(=O)C1(C)OCCO1. The summed E-state index contributed by atoms with van der Waals surface area (Å²) in [4.78, 5) is 11.2. The molecule has 0 aliphatic carbocycles. The summed E-state index contributed by atoms with van der Waals surface area (Å²) in [7, 11) is 0. The minimum absolute atomic E-state index is 0.127. The number of hydrogen-bond acceptors (Lipinski definition) is 3. The Bertz CT molecular complexity index is 178. The van der Waals surface area contributed by atoms with Crippen LogP contribution in [0.5, 0.6) is 0 Å². The van der Waals surface area contributed by atoms with Crippen LogP contribution in [-0.2, 0) is 14.3 Å². The smallest absolute Gasteiger partial charge is 0.230 e. The van der Waals surface area contributed by atoms with Gasteiger partial charge in [0.25, 0.3) is 0 Å². The average molecular weight is 156 g/mol. The van der Waals surface area contributed by atoms with Gasteiger partial charge in [-0.2, -0.15) is 0 Å². The number of ether oxygens (including phenoxy) is 2. The van der Waals surface area contributed by atoms with Crippen LogP contribution in [0.25, 0.3) is 0 Å². The average Bonchev–Trinajstić information content (AvgIpc) is 2.38. The van der Waals surface area contributed by atoms with E-state index < -0.39 is 5.79 Å². The number of hydrogen-bond donors (Lipinski definition) is 0. The molecule has 1 rings (SSSR count). The molecule has 3 heteroatoms. The van der Waals surface area contributed by atoms with Gasteiger partial charge in [-0.05, 0) is 19.9 Å². The van der Waals surface area contributed by atoms with Crippen molar-refractivity contribution in [1.82, 2.24) is 0 Å². The van der Waals surface area contributed by atoms with Crippen molar-refractivity contribution in [2.45, 2.75) is 19.6 Å². The van der Waals surface area contributed by atoms with Gasteiger partial charge >= 0.3 is 0 Å². The minimum atomic E-state index is -1.02. The van der Waals surface area contributed by atoms with Crippen LogP contribution >= 0.6 is 0 Å². The highest BCUT2D eigenvalue weighted by atomic mass is 16.7. The number of carbonyl (C=O) groups excluding carboxylic acids is 1. The molecule has 0 bridgehead atoms. The molecular formula is C8H12O3. The van der Waals surface area contributed by atoms with Crippen LogP contribution in [0.1, 0.15) is 13.8 Å². The van der Waals surface area contributed by atoms with Crippen LogP contribution in [0, 0.1) is 0 Å². The van der Waals surface area contributed by atoms with Crippen LogP contribution < -0.4 is 0 Å². The Balaban J connectivity index is 2.63. The molecule has 0 N–H and O–H groups in total. The first-order chi connectivity index (χ1) is 5.19. The summed E-state index contributed by atoms with van der Waals surface area (Å²) in [5.74, 6) is -1.15. The fourth-order valence-electron chi connectivity index (χ4n) is 0.960. The summed E-state index contributed by atoms with van der Waals surface area (Å²) in [5, 5.41) is 0. The zero-order chi connectivity index (χ0) is 8.32. The molecule has 0 amide bonds. The maximum Gasteiger partial charge on any atom is 0.230 e. The Morgan fingerprint density at radius 1 is 1.45 bits per heavy atom. The molecule has 1 saturated heterocycles. The molecular weight excluding hydrogens is 144 g/mol. The maximum absolute atomic E-state index is 11.2. The van der Waals surface area contributed by atoms with Crippen molar-refractivity contribution >= 4 is 5.78 Å². The summed E-state index contributed by atoms with van der Waals surface area (Å²) in [6, 6.07) is 0. The van der Waals surface area contributed by atoms with Gasteiger partial charge in [0.15, 0.2) is 0 Å². The Kier molecular flexibility index (Phi) is 2.42. The second-order valence-corrected chi connectivity index (χ2v) is 2.51. The predicted molar refractivity (Wildman–Crippen MR) is 40.1 cm³/mol. The lowest BCUT2D eigenvalue weighted by Gasteiger charge is -2.17. The monoisotopic (exact) mass is 156 g/mol. The molecule has 0 spiro atoms. The van der Waals surface area contributed by atoms with Crippen molar-refractivity contribution in [3.05, 3.63) is 12.2 Å². The molecule has 1 aliphatic rings. The molecule has 11 heavy (non-hydrogen) atoms. The van der Waals surface area contributed by atoms with Gasteiger partial charge in [0.05, 0.1) is 13.2 Å². The molecule has 0 aromatic carbocycles. The van der Waals surface area contributed by atoms with Crippen molar-refractivity contribution in [3.8, 4) is 0 Å². The van der Waals surface area contributed by atoms with Crippen LogP contribution in [0.15, 0.2) is 12.2 Å². The van der Waals surface area contributed by atoms with E-state index in [9.17, 15) is 4.79 Å². The largest absolute Gasteiger partial charge is 0.341 e. The Morgan fingerprint density at radius 3 is 2.45 bits per heavy atom. The Morgan fingerprint density at radius 2 is 2.00 bits per heavy atom. The van der Waals surface area contributed by atoms with Crippen LogP contribution in [0.2, 0.25) is 0 Å². The van der Waals surface area contributed by atoms with Crippen molar-refractivity contribution < 1.29 is 14.3 Å². The zero-order valence-corrected chi connectivity index (χ0v) is 6.79. The van der Waals surface area contributed by atoms with Crippen LogP contribution in [0.4, 0.5) is 0 Å². The third-order valence-corrected chi connectivity index (χ3v) is 1.60. The molecule has 62 valence electrons. The molecule has 0 radical (unpaired) electrons. The second kappa shape index (κ2) is 3.15. The molecule has 0 aromatic heterocycles. The van der Waals surface area contributed by atoms with Gasteiger partial charge < -0.3 is 9.47 Å². The first-order valence-corrected chi connectivity index (χ1v) is 3.64. The van der Waals surface area contributed by atoms with E-state index >= 15 is 0 Å². The minimum Gasteiger partial charge on any atom is -0.341 e. The van der Waals surface area contributed by atoms with Crippen molar-refractivity contribution in [1.29, 1.82) is 0 Å². The summed E-state index contributed by atoms with van der Waals surface area (Å²) in [6.45, 7) is 4.43. The summed E-state index contributed by atoms with van der Waals surface area (Å²) in [6.07, 6.45) is 3.14.